The summed E-state index contributed by atoms with van der Waals surface area (Å²) in [4.78, 5) is 26.2. The van der Waals surface area contributed by atoms with Gasteiger partial charge in [0.15, 0.2) is 0 Å². The molecule has 160 valence electrons. The number of fused-ring (bicyclic) bond motifs is 1. The number of ether oxygens (including phenoxy) is 1. The highest BCUT2D eigenvalue weighted by Crippen LogP contribution is 2.17. The Morgan fingerprint density at radius 3 is 2.70 bits per heavy atom. The van der Waals surface area contributed by atoms with Gasteiger partial charge >= 0.3 is 6.09 Å². The molecule has 1 amide bonds. The standard InChI is InChI=1S/C22H27FN4O3/c1-22(2,3)30-21(29)25-18-8-9-26(14-17(18)23)10-11-27-19-12-15(13-24)4-5-16(19)6-7-20(27)28/h4-7,12,17-18H,8-11,14H2,1-3H3,(H,25,29)/t17-,18+/m0/s1. The lowest BCUT2D eigenvalue weighted by molar-refractivity contribution is 0.0395. The molecule has 1 saturated heterocycles. The topological polar surface area (TPSA) is 87.4 Å². The van der Waals surface area contributed by atoms with Gasteiger partial charge in [0.1, 0.15) is 11.8 Å². The number of benzene rings is 1. The van der Waals surface area contributed by atoms with Crippen LogP contribution in [0.5, 0.6) is 0 Å². The van der Waals surface area contributed by atoms with Gasteiger partial charge in [-0.1, -0.05) is 6.07 Å². The Kier molecular flexibility index (Phi) is 6.42. The van der Waals surface area contributed by atoms with Crippen LogP contribution < -0.4 is 10.9 Å². The van der Waals surface area contributed by atoms with Crippen LogP contribution in [0.3, 0.4) is 0 Å². The van der Waals surface area contributed by atoms with Gasteiger partial charge in [0.25, 0.3) is 5.56 Å². The van der Waals surface area contributed by atoms with Gasteiger partial charge in [-0.2, -0.15) is 5.26 Å². The fraction of sp³-hybridized carbons (Fsp3) is 0.500. The normalized spacial score (nSPS) is 20.0. The molecule has 0 saturated carbocycles. The molecule has 2 aromatic rings. The number of hydrogen-bond donors (Lipinski definition) is 1. The number of rotatable bonds is 4. The van der Waals surface area contributed by atoms with E-state index in [1.165, 1.54) is 6.07 Å². The Morgan fingerprint density at radius 1 is 1.30 bits per heavy atom. The summed E-state index contributed by atoms with van der Waals surface area (Å²) in [5, 5.41) is 12.6. The van der Waals surface area contributed by atoms with E-state index in [4.69, 9.17) is 10.00 Å². The van der Waals surface area contributed by atoms with Crippen molar-refractivity contribution in [3.05, 3.63) is 46.2 Å². The minimum Gasteiger partial charge on any atom is -0.444 e. The number of hydrogen-bond acceptors (Lipinski definition) is 5. The highest BCUT2D eigenvalue weighted by molar-refractivity contribution is 5.80. The number of alkyl halides is 1. The molecule has 1 fully saturated rings. The summed E-state index contributed by atoms with van der Waals surface area (Å²) in [5.41, 5.74) is 0.392. The summed E-state index contributed by atoms with van der Waals surface area (Å²) >= 11 is 0. The van der Waals surface area contributed by atoms with Crippen molar-refractivity contribution >= 4 is 17.0 Å². The smallest absolute Gasteiger partial charge is 0.407 e. The van der Waals surface area contributed by atoms with Crippen LogP contribution in [0.2, 0.25) is 0 Å². The Balaban J connectivity index is 1.62. The van der Waals surface area contributed by atoms with Crippen molar-refractivity contribution in [3.63, 3.8) is 0 Å². The molecule has 0 unspecified atom stereocenters. The Hall–Kier alpha value is -2.92. The molecule has 3 rings (SSSR count). The summed E-state index contributed by atoms with van der Waals surface area (Å²) < 4.78 is 21.5. The van der Waals surface area contributed by atoms with E-state index in [2.05, 4.69) is 11.4 Å². The molecule has 1 N–H and O–H groups in total. The van der Waals surface area contributed by atoms with Crippen LogP contribution in [0.25, 0.3) is 10.9 Å². The number of likely N-dealkylation sites (tertiary alicyclic amines) is 1. The molecule has 1 aromatic carbocycles. The largest absolute Gasteiger partial charge is 0.444 e. The number of nitrogens with one attached hydrogen (secondary N) is 1. The van der Waals surface area contributed by atoms with Gasteiger partial charge in [0.05, 0.1) is 23.2 Å². The number of alkyl carbamates (subject to hydrolysis) is 1. The zero-order chi connectivity index (χ0) is 21.9. The summed E-state index contributed by atoms with van der Waals surface area (Å²) in [6.07, 6.45) is -1.37. The van der Waals surface area contributed by atoms with Crippen LogP contribution in [0.15, 0.2) is 35.1 Å². The third-order valence-corrected chi connectivity index (χ3v) is 5.09. The zero-order valence-electron chi connectivity index (χ0n) is 17.5. The summed E-state index contributed by atoms with van der Waals surface area (Å²) in [5.74, 6) is 0. The monoisotopic (exact) mass is 414 g/mol. The van der Waals surface area contributed by atoms with E-state index in [0.717, 1.165) is 5.39 Å². The number of nitrogens with zero attached hydrogens (tertiary/aromatic N) is 3. The van der Waals surface area contributed by atoms with E-state index >= 15 is 0 Å². The highest BCUT2D eigenvalue weighted by atomic mass is 19.1. The van der Waals surface area contributed by atoms with E-state index in [0.29, 0.717) is 37.1 Å². The maximum Gasteiger partial charge on any atom is 0.407 e. The number of carbonyl (C=O) groups excluding carboxylic acids is 1. The predicted octanol–water partition coefficient (Wildman–Crippen LogP) is 2.81. The van der Waals surface area contributed by atoms with Crippen LogP contribution in [0.4, 0.5) is 9.18 Å². The van der Waals surface area contributed by atoms with Gasteiger partial charge in [0, 0.05) is 32.2 Å². The fourth-order valence-electron chi connectivity index (χ4n) is 3.62. The lowest BCUT2D eigenvalue weighted by Gasteiger charge is -2.35. The van der Waals surface area contributed by atoms with Gasteiger partial charge in [-0.05, 0) is 50.8 Å². The van der Waals surface area contributed by atoms with E-state index in [1.807, 2.05) is 11.0 Å². The minimum absolute atomic E-state index is 0.157. The summed E-state index contributed by atoms with van der Waals surface area (Å²) in [6.45, 7) is 6.94. The molecule has 0 spiro atoms. The number of amides is 1. The number of carbonyl (C=O) groups is 1. The number of aromatic nitrogens is 1. The van der Waals surface area contributed by atoms with E-state index in [1.54, 1.807) is 43.5 Å². The van der Waals surface area contributed by atoms with Crippen LogP contribution in [0, 0.1) is 11.3 Å². The number of nitriles is 1. The van der Waals surface area contributed by atoms with Gasteiger partial charge in [-0.3, -0.25) is 9.69 Å². The molecule has 1 aliphatic rings. The van der Waals surface area contributed by atoms with Crippen LogP contribution >= 0.6 is 0 Å². The number of piperidine rings is 1. The van der Waals surface area contributed by atoms with Crippen molar-refractivity contribution in [2.24, 2.45) is 0 Å². The van der Waals surface area contributed by atoms with Gasteiger partial charge in [-0.15, -0.1) is 0 Å². The van der Waals surface area contributed by atoms with Crippen molar-refractivity contribution in [1.82, 2.24) is 14.8 Å². The van der Waals surface area contributed by atoms with E-state index in [9.17, 15) is 14.0 Å². The third-order valence-electron chi connectivity index (χ3n) is 5.09. The van der Waals surface area contributed by atoms with Crippen LogP contribution in [-0.4, -0.2) is 53.0 Å². The lowest BCUT2D eigenvalue weighted by atomic mass is 10.0. The van der Waals surface area contributed by atoms with Crippen molar-refractivity contribution in [2.45, 2.75) is 51.6 Å². The third kappa shape index (κ3) is 5.36. The Bertz CT molecular complexity index is 1020. The second-order valence-electron chi connectivity index (χ2n) is 8.57. The molecular weight excluding hydrogens is 387 g/mol. The zero-order valence-corrected chi connectivity index (χ0v) is 17.5. The van der Waals surface area contributed by atoms with Crippen molar-refractivity contribution in [3.8, 4) is 6.07 Å². The predicted molar refractivity (Wildman–Crippen MR) is 112 cm³/mol. The van der Waals surface area contributed by atoms with E-state index in [-0.39, 0.29) is 12.1 Å². The minimum atomic E-state index is -1.22. The number of pyridine rings is 1. The first-order chi connectivity index (χ1) is 14.2. The van der Waals surface area contributed by atoms with Gasteiger partial charge < -0.3 is 14.6 Å². The van der Waals surface area contributed by atoms with Crippen molar-refractivity contribution in [2.75, 3.05) is 19.6 Å². The molecule has 8 heteroatoms. The summed E-state index contributed by atoms with van der Waals surface area (Å²) in [7, 11) is 0. The molecule has 2 atom stereocenters. The number of halogens is 1. The highest BCUT2D eigenvalue weighted by Gasteiger charge is 2.31. The Morgan fingerprint density at radius 2 is 2.03 bits per heavy atom. The maximum atomic E-state index is 14.6. The Labute approximate surface area is 175 Å². The molecule has 0 radical (unpaired) electrons. The van der Waals surface area contributed by atoms with Crippen molar-refractivity contribution < 1.29 is 13.9 Å². The average molecular weight is 414 g/mol. The first-order valence-electron chi connectivity index (χ1n) is 10.1. The first-order valence-corrected chi connectivity index (χ1v) is 10.1. The quantitative estimate of drug-likeness (QED) is 0.831. The maximum absolute atomic E-state index is 14.6. The molecule has 2 heterocycles. The molecule has 30 heavy (non-hydrogen) atoms. The molecule has 7 nitrogen and oxygen atoms in total. The molecular formula is C22H27FN4O3. The molecule has 0 aliphatic carbocycles. The van der Waals surface area contributed by atoms with Gasteiger partial charge in [0.2, 0.25) is 0 Å². The van der Waals surface area contributed by atoms with Gasteiger partial charge in [-0.25, -0.2) is 9.18 Å². The molecule has 0 bridgehead atoms. The fourth-order valence-corrected chi connectivity index (χ4v) is 3.62. The summed E-state index contributed by atoms with van der Waals surface area (Å²) in [6, 6.07) is 9.97. The first kappa shape index (κ1) is 21.8. The molecule has 1 aromatic heterocycles. The lowest BCUT2D eigenvalue weighted by Crippen LogP contribution is -2.53. The van der Waals surface area contributed by atoms with Crippen LogP contribution in [0.1, 0.15) is 32.8 Å². The second kappa shape index (κ2) is 8.84. The average Bonchev–Trinajstić information content (AvgIpc) is 2.67. The van der Waals surface area contributed by atoms with Crippen molar-refractivity contribution in [1.29, 1.82) is 5.26 Å². The van der Waals surface area contributed by atoms with E-state index < -0.39 is 23.9 Å². The SMILES string of the molecule is CC(C)(C)OC(=O)N[C@@H]1CCN(CCn2c(=O)ccc3ccc(C#N)cc32)C[C@@H]1F. The van der Waals surface area contributed by atoms with Crippen LogP contribution in [-0.2, 0) is 11.3 Å². The second-order valence-corrected chi connectivity index (χ2v) is 8.57. The molecule has 1 aliphatic heterocycles.